The number of ether oxygens (including phenoxy) is 10. The average molecular weight is 673 g/mol. The van der Waals surface area contributed by atoms with Gasteiger partial charge in [-0.05, 0) is 37.0 Å². The van der Waals surface area contributed by atoms with Gasteiger partial charge in [0.25, 0.3) is 0 Å². The van der Waals surface area contributed by atoms with Gasteiger partial charge >= 0.3 is 0 Å². The van der Waals surface area contributed by atoms with Crippen LogP contribution in [0.25, 0.3) is 0 Å². The van der Waals surface area contributed by atoms with E-state index in [0.29, 0.717) is 119 Å². The van der Waals surface area contributed by atoms with Crippen molar-refractivity contribution in [2.24, 2.45) is 0 Å². The Hall–Kier alpha value is -1.34. The van der Waals surface area contributed by atoms with Gasteiger partial charge in [-0.25, -0.2) is 0 Å². The lowest BCUT2D eigenvalue weighted by Crippen LogP contribution is -2.15. The fourth-order valence-electron chi connectivity index (χ4n) is 4.36. The highest BCUT2D eigenvalue weighted by atomic mass is 16.6. The zero-order valence-electron chi connectivity index (χ0n) is 29.9. The zero-order chi connectivity index (χ0) is 33.6. The summed E-state index contributed by atoms with van der Waals surface area (Å²) < 4.78 is 55.3. The summed E-state index contributed by atoms with van der Waals surface area (Å²) >= 11 is 0. The molecule has 47 heavy (non-hydrogen) atoms. The van der Waals surface area contributed by atoms with E-state index in [1.807, 2.05) is 0 Å². The normalized spacial score (nSPS) is 11.4. The fraction of sp³-hybridized carbons (Fsp3) is 0.838. The van der Waals surface area contributed by atoms with E-state index in [1.54, 1.807) is 0 Å². The molecule has 0 aliphatic heterocycles. The molecule has 0 fully saturated rings. The van der Waals surface area contributed by atoms with Gasteiger partial charge in [0, 0.05) is 6.61 Å². The van der Waals surface area contributed by atoms with Gasteiger partial charge in [-0.15, -0.1) is 0 Å². The number of rotatable bonds is 39. The van der Waals surface area contributed by atoms with E-state index >= 15 is 0 Å². The van der Waals surface area contributed by atoms with Crippen molar-refractivity contribution in [3.63, 3.8) is 0 Å². The predicted molar refractivity (Wildman–Crippen MR) is 186 cm³/mol. The summed E-state index contributed by atoms with van der Waals surface area (Å²) in [7, 11) is 0. The molecule has 0 bridgehead atoms. The maximum Gasteiger partial charge on any atom is 0.119 e. The molecular weight excluding hydrogens is 604 g/mol. The topological polar surface area (TPSA) is 92.3 Å². The average Bonchev–Trinajstić information content (AvgIpc) is 3.09. The van der Waals surface area contributed by atoms with Crippen LogP contribution < -0.4 is 4.74 Å². The Morgan fingerprint density at radius 2 is 0.638 bits per heavy atom. The summed E-state index contributed by atoms with van der Waals surface area (Å²) in [4.78, 5) is 0. The van der Waals surface area contributed by atoms with Gasteiger partial charge in [-0.3, -0.25) is 0 Å². The molecule has 0 heterocycles. The van der Waals surface area contributed by atoms with Crippen molar-refractivity contribution in [3.05, 3.63) is 29.8 Å². The van der Waals surface area contributed by atoms with Gasteiger partial charge in [0.2, 0.25) is 0 Å². The molecule has 0 radical (unpaired) electrons. The van der Waals surface area contributed by atoms with Crippen LogP contribution in [0.3, 0.4) is 0 Å². The monoisotopic (exact) mass is 672 g/mol. The lowest BCUT2D eigenvalue weighted by atomic mass is 10.0. The summed E-state index contributed by atoms with van der Waals surface area (Å²) in [6.45, 7) is 15.0. The van der Waals surface area contributed by atoms with Crippen LogP contribution in [-0.2, 0) is 49.1 Å². The van der Waals surface area contributed by atoms with Gasteiger partial charge in [0.1, 0.15) is 12.4 Å². The molecule has 10 nitrogen and oxygen atoms in total. The summed E-state index contributed by atoms with van der Waals surface area (Å²) in [5.41, 5.74) is 1.38. The van der Waals surface area contributed by atoms with Crippen LogP contribution in [0.15, 0.2) is 24.3 Å². The Balaban J connectivity index is 1.71. The first-order valence-corrected chi connectivity index (χ1v) is 18.3. The first-order chi connectivity index (χ1) is 23.4. The Kier molecular flexibility index (Phi) is 34.8. The van der Waals surface area contributed by atoms with Crippen molar-refractivity contribution in [1.29, 1.82) is 0 Å². The first kappa shape index (κ1) is 43.7. The van der Waals surface area contributed by atoms with Gasteiger partial charge < -0.3 is 47.4 Å². The zero-order valence-corrected chi connectivity index (χ0v) is 29.9. The second kappa shape index (κ2) is 37.5. The molecule has 1 rings (SSSR count). The van der Waals surface area contributed by atoms with Crippen LogP contribution in [0.1, 0.15) is 77.2 Å². The molecule has 1 aromatic carbocycles. The molecule has 0 unspecified atom stereocenters. The van der Waals surface area contributed by atoms with Crippen LogP contribution in [0.5, 0.6) is 5.75 Å². The van der Waals surface area contributed by atoms with Crippen LogP contribution in [0.2, 0.25) is 0 Å². The van der Waals surface area contributed by atoms with Gasteiger partial charge in [0.05, 0.1) is 112 Å². The molecule has 0 aromatic heterocycles. The Morgan fingerprint density at radius 3 is 1.02 bits per heavy atom. The molecule has 0 aliphatic rings. The van der Waals surface area contributed by atoms with Gasteiger partial charge in [-0.2, -0.15) is 0 Å². The molecule has 1 aromatic rings. The highest BCUT2D eigenvalue weighted by Gasteiger charge is 1.99. The van der Waals surface area contributed by atoms with Gasteiger partial charge in [-0.1, -0.05) is 70.9 Å². The van der Waals surface area contributed by atoms with E-state index in [0.717, 1.165) is 31.6 Å². The third kappa shape index (κ3) is 33.0. The minimum atomic E-state index is 0.526. The predicted octanol–water partition coefficient (Wildman–Crippen LogP) is 6.31. The van der Waals surface area contributed by atoms with Crippen LogP contribution in [0.4, 0.5) is 0 Å². The Labute approximate surface area is 286 Å². The lowest BCUT2D eigenvalue weighted by molar-refractivity contribution is -0.0254. The van der Waals surface area contributed by atoms with Crippen molar-refractivity contribution in [2.45, 2.75) is 78.1 Å². The van der Waals surface area contributed by atoms with Crippen molar-refractivity contribution in [1.82, 2.24) is 0 Å². The number of aryl methyl sites for hydroxylation is 1. The number of unbranched alkanes of at least 4 members (excludes halogenated alkanes) is 7. The summed E-state index contributed by atoms with van der Waals surface area (Å²) in [5, 5.41) is 0. The molecule has 0 N–H and O–H groups in total. The summed E-state index contributed by atoms with van der Waals surface area (Å²) in [6.07, 6.45) is 12.8. The minimum absolute atomic E-state index is 0.526. The minimum Gasteiger partial charge on any atom is -0.491 e. The van der Waals surface area contributed by atoms with Crippen LogP contribution >= 0.6 is 0 Å². The van der Waals surface area contributed by atoms with E-state index in [4.69, 9.17) is 47.4 Å². The van der Waals surface area contributed by atoms with Crippen LogP contribution in [-0.4, -0.2) is 126 Å². The van der Waals surface area contributed by atoms with Crippen LogP contribution in [0, 0.1) is 0 Å². The Morgan fingerprint density at radius 1 is 0.319 bits per heavy atom. The number of benzene rings is 1. The molecule has 0 atom stereocenters. The molecule has 0 saturated heterocycles. The van der Waals surface area contributed by atoms with Crippen molar-refractivity contribution >= 4 is 0 Å². The summed E-state index contributed by atoms with van der Waals surface area (Å²) in [5.74, 6) is 0.891. The maximum atomic E-state index is 5.78. The largest absolute Gasteiger partial charge is 0.491 e. The molecule has 0 spiro atoms. The lowest BCUT2D eigenvalue weighted by Gasteiger charge is -2.09. The van der Waals surface area contributed by atoms with Crippen molar-refractivity contribution < 1.29 is 47.4 Å². The highest BCUT2D eigenvalue weighted by molar-refractivity contribution is 5.27. The molecule has 276 valence electrons. The smallest absolute Gasteiger partial charge is 0.119 e. The fourth-order valence-corrected chi connectivity index (χ4v) is 4.36. The Bertz CT molecular complexity index is 722. The first-order valence-electron chi connectivity index (χ1n) is 18.3. The third-order valence-electron chi connectivity index (χ3n) is 7.11. The van der Waals surface area contributed by atoms with E-state index in [2.05, 4.69) is 38.1 Å². The molecule has 10 heteroatoms. The van der Waals surface area contributed by atoms with E-state index < -0.39 is 0 Å². The van der Waals surface area contributed by atoms with E-state index in [1.165, 1.54) is 50.5 Å². The van der Waals surface area contributed by atoms with E-state index in [-0.39, 0.29) is 0 Å². The molecule has 0 saturated carbocycles. The third-order valence-corrected chi connectivity index (χ3v) is 7.11. The highest BCUT2D eigenvalue weighted by Crippen LogP contribution is 2.15. The number of hydrogen-bond acceptors (Lipinski definition) is 10. The van der Waals surface area contributed by atoms with Crippen molar-refractivity contribution in [2.75, 3.05) is 126 Å². The van der Waals surface area contributed by atoms with E-state index in [9.17, 15) is 0 Å². The molecular formula is C37H68O10. The SMILES string of the molecule is CCCCCCCCCc1ccc(OCCOCCOCCOCCOCCOCCOCCOCCOCCOCCCC)cc1. The maximum absolute atomic E-state index is 5.78. The van der Waals surface area contributed by atoms with Gasteiger partial charge in [0.15, 0.2) is 0 Å². The number of hydrogen-bond donors (Lipinski definition) is 0. The van der Waals surface area contributed by atoms with Crippen molar-refractivity contribution in [3.8, 4) is 5.75 Å². The quantitative estimate of drug-likeness (QED) is 0.0742. The second-order valence-electron chi connectivity index (χ2n) is 11.2. The summed E-state index contributed by atoms with van der Waals surface area (Å²) in [6, 6.07) is 8.46. The molecule has 0 aliphatic carbocycles. The standard InChI is InChI=1S/C37H68O10/c1-3-5-7-8-9-10-11-12-36-13-15-37(16-14-36)47-35-34-46-33-32-45-31-30-44-29-28-43-27-26-42-25-24-41-23-22-40-21-20-39-19-18-38-17-6-4-2/h13-16H,3-12,17-35H2,1-2H3. The molecule has 0 amide bonds. The second-order valence-corrected chi connectivity index (χ2v) is 11.2.